The molecule has 7 heteroatoms. The maximum Gasteiger partial charge on any atom is 0.250 e. The lowest BCUT2D eigenvalue weighted by Crippen LogP contribution is -2.53. The van der Waals surface area contributed by atoms with Crippen LogP contribution in [0.2, 0.25) is 0 Å². The van der Waals surface area contributed by atoms with Gasteiger partial charge in [0.2, 0.25) is 17.7 Å². The lowest BCUT2D eigenvalue weighted by atomic mass is 9.76. The Hall–Kier alpha value is -3.03. The summed E-state index contributed by atoms with van der Waals surface area (Å²) >= 11 is 0. The van der Waals surface area contributed by atoms with Crippen LogP contribution in [0.1, 0.15) is 11.1 Å². The summed E-state index contributed by atoms with van der Waals surface area (Å²) < 4.78 is 5.10. The molecule has 1 spiro atoms. The van der Waals surface area contributed by atoms with Gasteiger partial charge >= 0.3 is 0 Å². The number of hydrogen-bond acceptors (Lipinski definition) is 5. The molecule has 0 unspecified atom stereocenters. The highest BCUT2D eigenvalue weighted by Crippen LogP contribution is 2.53. The van der Waals surface area contributed by atoms with Crippen molar-refractivity contribution < 1.29 is 19.1 Å². The zero-order chi connectivity index (χ0) is 20.9. The number of amides is 3. The van der Waals surface area contributed by atoms with Crippen molar-refractivity contribution in [3.8, 4) is 0 Å². The molecule has 4 atom stereocenters. The van der Waals surface area contributed by atoms with Crippen LogP contribution in [-0.2, 0) is 31.1 Å². The first-order valence-corrected chi connectivity index (χ1v) is 10.1. The zero-order valence-electron chi connectivity index (χ0n) is 16.6. The maximum absolute atomic E-state index is 13.4. The number of ether oxygens (including phenoxy) is 1. The first kappa shape index (κ1) is 19.0. The van der Waals surface area contributed by atoms with Crippen molar-refractivity contribution in [3.05, 3.63) is 65.7 Å². The van der Waals surface area contributed by atoms with Crippen LogP contribution in [0, 0.1) is 11.8 Å². The van der Waals surface area contributed by atoms with E-state index in [-0.39, 0.29) is 36.9 Å². The van der Waals surface area contributed by atoms with Crippen LogP contribution in [0.4, 0.5) is 5.69 Å². The van der Waals surface area contributed by atoms with Gasteiger partial charge in [0.25, 0.3) is 0 Å². The lowest BCUT2D eigenvalue weighted by molar-refractivity contribution is -0.143. The molecule has 0 saturated carbocycles. The van der Waals surface area contributed by atoms with Gasteiger partial charge < -0.3 is 10.1 Å². The third kappa shape index (κ3) is 2.55. The fraction of sp³-hybridized carbons (Fsp3) is 0.348. The van der Waals surface area contributed by atoms with Gasteiger partial charge in [-0.3, -0.25) is 24.6 Å². The molecule has 3 amide bonds. The second kappa shape index (κ2) is 7.04. The summed E-state index contributed by atoms with van der Waals surface area (Å²) in [5.74, 6) is -2.20. The van der Waals surface area contributed by atoms with Gasteiger partial charge in [0.1, 0.15) is 5.54 Å². The van der Waals surface area contributed by atoms with E-state index in [9.17, 15) is 14.4 Å². The summed E-state index contributed by atoms with van der Waals surface area (Å²) in [5, 5.41) is 6.36. The Kier molecular flexibility index (Phi) is 4.45. The predicted molar refractivity (Wildman–Crippen MR) is 109 cm³/mol. The average Bonchev–Trinajstić information content (AvgIpc) is 3.33. The van der Waals surface area contributed by atoms with E-state index in [2.05, 4.69) is 10.6 Å². The number of carbonyl (C=O) groups is 3. The first-order valence-electron chi connectivity index (χ1n) is 10.1. The Morgan fingerprint density at radius 1 is 1.00 bits per heavy atom. The van der Waals surface area contributed by atoms with E-state index >= 15 is 0 Å². The van der Waals surface area contributed by atoms with Gasteiger partial charge in [0.15, 0.2) is 0 Å². The topological polar surface area (TPSA) is 87.7 Å². The van der Waals surface area contributed by atoms with E-state index < -0.39 is 17.4 Å². The molecule has 0 radical (unpaired) electrons. The standard InChI is InChI=1S/C23H23N3O4/c1-30-12-11-26-20(27)18-17(13-14-7-3-2-4-8-14)25-23(19(18)21(26)28)15-9-5-6-10-16(15)24-22(23)29/h2-10,17-19,25H,11-13H2,1H3,(H,24,29)/t17-,18-,19+,23+/m1/s1. The van der Waals surface area contributed by atoms with Crippen LogP contribution >= 0.6 is 0 Å². The van der Waals surface area contributed by atoms with Crippen LogP contribution < -0.4 is 10.6 Å². The van der Waals surface area contributed by atoms with Crippen molar-refractivity contribution >= 4 is 23.4 Å². The molecule has 2 N–H and O–H groups in total. The van der Waals surface area contributed by atoms with Crippen molar-refractivity contribution in [2.45, 2.75) is 18.0 Å². The molecule has 3 aliphatic heterocycles. The number of para-hydroxylation sites is 1. The number of carbonyl (C=O) groups excluding carboxylic acids is 3. The molecular formula is C23H23N3O4. The van der Waals surface area contributed by atoms with Crippen molar-refractivity contribution in [2.24, 2.45) is 11.8 Å². The number of benzene rings is 2. The number of anilines is 1. The zero-order valence-corrected chi connectivity index (χ0v) is 16.6. The second-order valence-corrected chi connectivity index (χ2v) is 8.07. The monoisotopic (exact) mass is 405 g/mol. The van der Waals surface area contributed by atoms with Crippen LogP contribution in [0.15, 0.2) is 54.6 Å². The number of hydrogen-bond donors (Lipinski definition) is 2. The highest BCUT2D eigenvalue weighted by molar-refractivity contribution is 6.15. The van der Waals surface area contributed by atoms with Gasteiger partial charge in [0.05, 0.1) is 25.0 Å². The third-order valence-electron chi connectivity index (χ3n) is 6.53. The number of imide groups is 1. The number of nitrogens with one attached hydrogen (secondary N) is 2. The minimum Gasteiger partial charge on any atom is -0.383 e. The Morgan fingerprint density at radius 2 is 1.73 bits per heavy atom. The summed E-state index contributed by atoms with van der Waals surface area (Å²) in [5.41, 5.74) is 1.23. The summed E-state index contributed by atoms with van der Waals surface area (Å²) in [7, 11) is 1.54. The lowest BCUT2D eigenvalue weighted by Gasteiger charge is -2.29. The van der Waals surface area contributed by atoms with E-state index in [4.69, 9.17) is 4.74 Å². The van der Waals surface area contributed by atoms with Crippen molar-refractivity contribution in [1.82, 2.24) is 10.2 Å². The predicted octanol–water partition coefficient (Wildman–Crippen LogP) is 1.30. The molecule has 5 rings (SSSR count). The largest absolute Gasteiger partial charge is 0.383 e. The fourth-order valence-electron chi connectivity index (χ4n) is 5.26. The third-order valence-corrected chi connectivity index (χ3v) is 6.53. The Morgan fingerprint density at radius 3 is 2.50 bits per heavy atom. The second-order valence-electron chi connectivity index (χ2n) is 8.07. The summed E-state index contributed by atoms with van der Waals surface area (Å²) in [6.45, 7) is 0.460. The molecule has 2 aromatic rings. The Balaban J connectivity index is 1.60. The smallest absolute Gasteiger partial charge is 0.250 e. The van der Waals surface area contributed by atoms with Gasteiger partial charge in [0, 0.05) is 24.4 Å². The normalized spacial score (nSPS) is 29.4. The molecule has 0 aliphatic carbocycles. The molecule has 154 valence electrons. The first-order chi connectivity index (χ1) is 14.6. The minimum atomic E-state index is -1.24. The van der Waals surface area contributed by atoms with E-state index in [0.29, 0.717) is 12.1 Å². The van der Waals surface area contributed by atoms with E-state index in [1.165, 1.54) is 12.0 Å². The van der Waals surface area contributed by atoms with E-state index in [1.54, 1.807) is 0 Å². The Bertz CT molecular complexity index is 1020. The fourth-order valence-corrected chi connectivity index (χ4v) is 5.26. The molecule has 2 saturated heterocycles. The van der Waals surface area contributed by atoms with Crippen molar-refractivity contribution in [2.75, 3.05) is 25.6 Å². The van der Waals surface area contributed by atoms with Crippen molar-refractivity contribution in [3.63, 3.8) is 0 Å². The molecule has 0 aromatic heterocycles. The summed E-state index contributed by atoms with van der Waals surface area (Å²) in [4.78, 5) is 41.3. The van der Waals surface area contributed by atoms with Gasteiger partial charge in [-0.15, -0.1) is 0 Å². The number of nitrogens with zero attached hydrogens (tertiary/aromatic N) is 1. The molecule has 0 bridgehead atoms. The van der Waals surface area contributed by atoms with Crippen molar-refractivity contribution in [1.29, 1.82) is 0 Å². The molecule has 3 heterocycles. The summed E-state index contributed by atoms with van der Waals surface area (Å²) in [6.07, 6.45) is 0.552. The number of likely N-dealkylation sites (tertiary alicyclic amines) is 1. The molecular weight excluding hydrogens is 382 g/mol. The van der Waals surface area contributed by atoms with Gasteiger partial charge in [-0.1, -0.05) is 48.5 Å². The quantitative estimate of drug-likeness (QED) is 0.732. The van der Waals surface area contributed by atoms with Crippen LogP contribution in [0.5, 0.6) is 0 Å². The Labute approximate surface area is 174 Å². The minimum absolute atomic E-state index is 0.193. The molecule has 2 aromatic carbocycles. The van der Waals surface area contributed by atoms with E-state index in [1.807, 2.05) is 54.6 Å². The maximum atomic E-state index is 13.4. The molecule has 7 nitrogen and oxygen atoms in total. The van der Waals surface area contributed by atoms with Gasteiger partial charge in [-0.25, -0.2) is 0 Å². The average molecular weight is 405 g/mol. The SMILES string of the molecule is COCCN1C(=O)[C@H]2[C@@H](C1=O)[C@]1(N[C@@H]2Cc2ccccc2)C(=O)Nc2ccccc21. The summed E-state index contributed by atoms with van der Waals surface area (Å²) in [6, 6.07) is 16.9. The number of methoxy groups -OCH3 is 1. The van der Waals surface area contributed by atoms with Crippen LogP contribution in [0.25, 0.3) is 0 Å². The van der Waals surface area contributed by atoms with E-state index in [0.717, 1.165) is 11.1 Å². The molecule has 2 fully saturated rings. The molecule has 30 heavy (non-hydrogen) atoms. The molecule has 3 aliphatic rings. The van der Waals surface area contributed by atoms with Gasteiger partial charge in [-0.05, 0) is 18.1 Å². The van der Waals surface area contributed by atoms with Gasteiger partial charge in [-0.2, -0.15) is 0 Å². The van der Waals surface area contributed by atoms with Crippen LogP contribution in [-0.4, -0.2) is 48.9 Å². The van der Waals surface area contributed by atoms with Crippen LogP contribution in [0.3, 0.4) is 0 Å². The number of fused-ring (bicyclic) bond motifs is 4. The highest BCUT2D eigenvalue weighted by Gasteiger charge is 2.70. The number of rotatable bonds is 5. The highest BCUT2D eigenvalue weighted by atomic mass is 16.5.